The molecule has 4 atom stereocenters. The first-order valence-corrected chi connectivity index (χ1v) is 15.3. The topological polar surface area (TPSA) is 168 Å². The molecule has 5 rings (SSSR count). The normalized spacial score (nSPS) is 28.2. The van der Waals surface area contributed by atoms with Gasteiger partial charge in [0, 0.05) is 37.8 Å². The largest absolute Gasteiger partial charge is 0.510 e. The molecule has 240 valence electrons. The van der Waals surface area contributed by atoms with Crippen molar-refractivity contribution < 1.29 is 34.8 Å². The number of phenols is 1. The zero-order chi connectivity index (χ0) is 32.6. The molecule has 11 nitrogen and oxygen atoms in total. The number of likely N-dealkylation sites (tertiary alicyclic amines) is 1. The Morgan fingerprint density at radius 3 is 2.23 bits per heavy atom. The van der Waals surface area contributed by atoms with Gasteiger partial charge in [0.25, 0.3) is 5.91 Å². The number of primary amides is 1. The van der Waals surface area contributed by atoms with Gasteiger partial charge in [-0.1, -0.05) is 20.8 Å². The standard InChI is InChI=1S/C33H46N4O7/c1-32(2,3)18-8-10-37(11-9-18)15-17-14-21(38)23-19(25(17)35(4)5)12-16-13-20-26(36(6)7)28(40)24(31(34)43)30(42)33(20,44)29(41)22(16)27(23)39/h14,16,18,20,26,38,40-41,44H,8-13,15H2,1-7H3,(H2,34,43)/t16-,20-,26-,33-/m0/s1. The van der Waals surface area contributed by atoms with E-state index >= 15 is 0 Å². The van der Waals surface area contributed by atoms with Gasteiger partial charge in [-0.3, -0.25) is 24.2 Å². The summed E-state index contributed by atoms with van der Waals surface area (Å²) in [7, 11) is 7.02. The molecule has 0 unspecified atom stereocenters. The molecule has 0 spiro atoms. The Bertz CT molecular complexity index is 1480. The molecule has 4 aliphatic rings. The molecule has 0 bridgehead atoms. The first-order chi connectivity index (χ1) is 20.4. The van der Waals surface area contributed by atoms with Gasteiger partial charge in [0.05, 0.1) is 11.6 Å². The van der Waals surface area contributed by atoms with Gasteiger partial charge in [0.15, 0.2) is 11.4 Å². The van der Waals surface area contributed by atoms with Crippen LogP contribution in [0.4, 0.5) is 5.69 Å². The molecule has 1 saturated heterocycles. The van der Waals surface area contributed by atoms with Crippen LogP contribution in [0.2, 0.25) is 0 Å². The Morgan fingerprint density at radius 1 is 1.09 bits per heavy atom. The fraction of sp³-hybridized carbons (Fsp3) is 0.606. The highest BCUT2D eigenvalue weighted by Gasteiger charge is 2.63. The minimum Gasteiger partial charge on any atom is -0.510 e. The van der Waals surface area contributed by atoms with Crippen LogP contribution in [0.25, 0.3) is 0 Å². The molecule has 1 heterocycles. The molecule has 1 aromatic carbocycles. The molecule has 1 aromatic rings. The molecule has 6 N–H and O–H groups in total. The van der Waals surface area contributed by atoms with Crippen molar-refractivity contribution >= 4 is 23.2 Å². The van der Waals surface area contributed by atoms with Crippen molar-refractivity contribution in [3.8, 4) is 5.75 Å². The second-order valence-electron chi connectivity index (χ2n) is 14.5. The van der Waals surface area contributed by atoms with Crippen molar-refractivity contribution in [3.63, 3.8) is 0 Å². The van der Waals surface area contributed by atoms with Gasteiger partial charge in [-0.15, -0.1) is 0 Å². The summed E-state index contributed by atoms with van der Waals surface area (Å²) in [5, 5.41) is 45.6. The zero-order valence-corrected chi connectivity index (χ0v) is 26.8. The van der Waals surface area contributed by atoms with Crippen LogP contribution in [-0.2, 0) is 22.6 Å². The van der Waals surface area contributed by atoms with Gasteiger partial charge in [-0.05, 0) is 87.3 Å². The number of fused-ring (bicyclic) bond motifs is 3. The maximum Gasteiger partial charge on any atom is 0.255 e. The van der Waals surface area contributed by atoms with Gasteiger partial charge >= 0.3 is 0 Å². The van der Waals surface area contributed by atoms with E-state index in [0.717, 1.165) is 37.2 Å². The number of aliphatic hydroxyl groups is 3. The summed E-state index contributed by atoms with van der Waals surface area (Å²) in [5.74, 6) is -5.85. The first-order valence-electron chi connectivity index (χ1n) is 15.3. The van der Waals surface area contributed by atoms with Crippen molar-refractivity contribution in [3.05, 3.63) is 45.4 Å². The Kier molecular flexibility index (Phi) is 7.92. The third kappa shape index (κ3) is 4.80. The number of rotatable bonds is 5. The molecule has 1 fully saturated rings. The van der Waals surface area contributed by atoms with Crippen LogP contribution in [0.5, 0.6) is 5.75 Å². The summed E-state index contributed by atoms with van der Waals surface area (Å²) >= 11 is 0. The summed E-state index contributed by atoms with van der Waals surface area (Å²) in [6.45, 7) is 9.30. The molecular formula is C33H46N4O7. The maximum atomic E-state index is 14.1. The number of benzene rings is 1. The lowest BCUT2D eigenvalue weighted by molar-refractivity contribution is -0.148. The van der Waals surface area contributed by atoms with E-state index in [9.17, 15) is 34.8 Å². The predicted molar refractivity (Wildman–Crippen MR) is 165 cm³/mol. The van der Waals surface area contributed by atoms with Crippen LogP contribution in [0, 0.1) is 23.2 Å². The number of Topliss-reactive ketones (excluding diaryl/α,β-unsaturated/α-hetero) is 2. The van der Waals surface area contributed by atoms with E-state index in [0.29, 0.717) is 18.0 Å². The number of hydrogen-bond donors (Lipinski definition) is 5. The number of carbonyl (C=O) groups excluding carboxylic acids is 3. The van der Waals surface area contributed by atoms with Crippen LogP contribution >= 0.6 is 0 Å². The number of amides is 1. The van der Waals surface area contributed by atoms with Crippen LogP contribution < -0.4 is 10.6 Å². The first kappa shape index (κ1) is 32.0. The number of carbonyl (C=O) groups is 3. The molecule has 3 aliphatic carbocycles. The summed E-state index contributed by atoms with van der Waals surface area (Å²) < 4.78 is 0. The van der Waals surface area contributed by atoms with Gasteiger partial charge in [-0.2, -0.15) is 0 Å². The summed E-state index contributed by atoms with van der Waals surface area (Å²) in [6.07, 6.45) is 2.49. The molecular weight excluding hydrogens is 564 g/mol. The van der Waals surface area contributed by atoms with Crippen molar-refractivity contribution in [2.45, 2.75) is 64.6 Å². The molecule has 0 aromatic heterocycles. The van der Waals surface area contributed by atoms with Gasteiger partial charge in [0.2, 0.25) is 5.78 Å². The molecule has 1 aliphatic heterocycles. The van der Waals surface area contributed by atoms with E-state index in [1.54, 1.807) is 25.1 Å². The van der Waals surface area contributed by atoms with Crippen molar-refractivity contribution in [1.82, 2.24) is 9.80 Å². The number of allylic oxidation sites excluding steroid dienone is 1. The number of piperidine rings is 1. The average molecular weight is 611 g/mol. The van der Waals surface area contributed by atoms with Gasteiger partial charge in [0.1, 0.15) is 22.8 Å². The van der Waals surface area contributed by atoms with Crippen molar-refractivity contribution in [2.75, 3.05) is 46.2 Å². The number of aromatic hydroxyl groups is 1. The van der Waals surface area contributed by atoms with Crippen LogP contribution in [0.3, 0.4) is 0 Å². The molecule has 0 radical (unpaired) electrons. The minimum absolute atomic E-state index is 0.0321. The highest BCUT2D eigenvalue weighted by molar-refractivity contribution is 6.24. The SMILES string of the molecule is CN(C)c1c(CN2CCC(C(C)(C)C)CC2)cc(O)c2c1C[C@H]1C[C@H]3[C@H](N(C)C)C(O)=C(C(N)=O)C(=O)[C@@]3(O)C(O)=C1C2=O. The maximum absolute atomic E-state index is 14.1. The monoisotopic (exact) mass is 610 g/mol. The van der Waals surface area contributed by atoms with Crippen LogP contribution in [0.15, 0.2) is 28.7 Å². The number of phenolic OH excluding ortho intramolecular Hbond substituents is 1. The summed E-state index contributed by atoms with van der Waals surface area (Å²) in [4.78, 5) is 45.7. The number of hydrogen-bond acceptors (Lipinski definition) is 10. The fourth-order valence-electron chi connectivity index (χ4n) is 8.25. The predicted octanol–water partition coefficient (Wildman–Crippen LogP) is 2.44. The van der Waals surface area contributed by atoms with E-state index in [4.69, 9.17) is 5.73 Å². The lowest BCUT2D eigenvalue weighted by Gasteiger charge is -2.50. The third-order valence-electron chi connectivity index (χ3n) is 10.4. The Hall–Kier alpha value is -3.41. The molecule has 11 heteroatoms. The number of likely N-dealkylation sites (N-methyl/N-ethyl adjacent to an activating group) is 1. The van der Waals surface area contributed by atoms with Crippen LogP contribution in [-0.4, -0.2) is 101 Å². The van der Waals surface area contributed by atoms with E-state index in [1.807, 2.05) is 19.0 Å². The Balaban J connectivity index is 1.58. The Labute approximate surface area is 258 Å². The minimum atomic E-state index is -2.65. The number of ketones is 2. The summed E-state index contributed by atoms with van der Waals surface area (Å²) in [6, 6.07) is 0.587. The van der Waals surface area contributed by atoms with Crippen molar-refractivity contribution in [2.24, 2.45) is 28.9 Å². The second kappa shape index (κ2) is 10.9. The molecule has 44 heavy (non-hydrogen) atoms. The number of aliphatic hydroxyl groups excluding tert-OH is 2. The van der Waals surface area contributed by atoms with Crippen LogP contribution in [0.1, 0.15) is 61.5 Å². The lowest BCUT2D eigenvalue weighted by Crippen LogP contribution is -2.63. The quantitative estimate of drug-likeness (QED) is 0.312. The average Bonchev–Trinajstić information content (AvgIpc) is 2.89. The van der Waals surface area contributed by atoms with E-state index in [1.165, 1.54) is 0 Å². The van der Waals surface area contributed by atoms with E-state index < -0.39 is 58.0 Å². The fourth-order valence-corrected chi connectivity index (χ4v) is 8.25. The van der Waals surface area contributed by atoms with Gasteiger partial charge < -0.3 is 31.1 Å². The molecule has 0 saturated carbocycles. The smallest absolute Gasteiger partial charge is 0.255 e. The third-order valence-corrected chi connectivity index (χ3v) is 10.4. The number of nitrogens with zero attached hydrogens (tertiary/aromatic N) is 3. The summed E-state index contributed by atoms with van der Waals surface area (Å²) in [5.41, 5.74) is 4.45. The highest BCUT2D eigenvalue weighted by Crippen LogP contribution is 2.53. The Morgan fingerprint density at radius 2 is 1.70 bits per heavy atom. The van der Waals surface area contributed by atoms with E-state index in [-0.39, 0.29) is 35.1 Å². The highest BCUT2D eigenvalue weighted by atomic mass is 16.3. The number of nitrogens with two attached hydrogens (primary N) is 1. The molecule has 1 amide bonds. The second-order valence-corrected chi connectivity index (χ2v) is 14.5. The van der Waals surface area contributed by atoms with Crippen molar-refractivity contribution in [1.29, 1.82) is 0 Å². The van der Waals surface area contributed by atoms with Gasteiger partial charge in [-0.25, -0.2) is 0 Å². The van der Waals surface area contributed by atoms with E-state index in [2.05, 4.69) is 25.7 Å². The lowest BCUT2D eigenvalue weighted by atomic mass is 9.58. The zero-order valence-electron chi connectivity index (χ0n) is 26.8. The number of anilines is 1.